The second-order valence-corrected chi connectivity index (χ2v) is 5.26. The van der Waals surface area contributed by atoms with Crippen LogP contribution in [0, 0.1) is 17.8 Å². The normalized spacial score (nSPS) is 21.8. The molecule has 1 saturated carbocycles. The first kappa shape index (κ1) is 14.0. The van der Waals surface area contributed by atoms with Crippen molar-refractivity contribution in [2.45, 2.75) is 52.5 Å². The summed E-state index contributed by atoms with van der Waals surface area (Å²) < 4.78 is 0. The summed E-state index contributed by atoms with van der Waals surface area (Å²) in [4.78, 5) is 22.7. The highest BCUT2D eigenvalue weighted by Crippen LogP contribution is 2.27. The molecule has 1 rings (SSSR count). The van der Waals surface area contributed by atoms with Gasteiger partial charge in [-0.3, -0.25) is 9.59 Å². The van der Waals surface area contributed by atoms with Crippen LogP contribution in [0.3, 0.4) is 0 Å². The Labute approximate surface area is 103 Å². The molecule has 2 unspecified atom stereocenters. The molecule has 1 aliphatic carbocycles. The predicted octanol–water partition coefficient (Wildman–Crippen LogP) is 2.04. The van der Waals surface area contributed by atoms with E-state index in [9.17, 15) is 9.59 Å². The number of carbonyl (C=O) groups is 2. The number of carboxylic acid groups (broad SMARTS) is 1. The predicted molar refractivity (Wildman–Crippen MR) is 65.5 cm³/mol. The van der Waals surface area contributed by atoms with Crippen LogP contribution < -0.4 is 5.32 Å². The molecule has 1 amide bonds. The van der Waals surface area contributed by atoms with E-state index in [2.05, 4.69) is 5.32 Å². The molecule has 0 aliphatic heterocycles. The maximum atomic E-state index is 11.9. The molecule has 0 aromatic rings. The molecule has 0 bridgehead atoms. The van der Waals surface area contributed by atoms with Crippen LogP contribution in [0.5, 0.6) is 0 Å². The number of nitrogens with one attached hydrogen (secondary N) is 1. The Hall–Kier alpha value is -1.06. The Kier molecular flexibility index (Phi) is 4.97. The Bertz CT molecular complexity index is 284. The molecule has 0 heterocycles. The molecule has 1 fully saturated rings. The van der Waals surface area contributed by atoms with E-state index in [0.29, 0.717) is 5.92 Å². The van der Waals surface area contributed by atoms with Crippen molar-refractivity contribution in [1.29, 1.82) is 0 Å². The summed E-state index contributed by atoms with van der Waals surface area (Å²) in [5, 5.41) is 11.8. The van der Waals surface area contributed by atoms with Crippen LogP contribution in [0.2, 0.25) is 0 Å². The minimum absolute atomic E-state index is 0.140. The van der Waals surface area contributed by atoms with Gasteiger partial charge in [-0.1, -0.05) is 26.7 Å². The van der Waals surface area contributed by atoms with Crippen molar-refractivity contribution in [3.8, 4) is 0 Å². The first-order valence-corrected chi connectivity index (χ1v) is 6.46. The van der Waals surface area contributed by atoms with Crippen molar-refractivity contribution in [2.75, 3.05) is 0 Å². The van der Waals surface area contributed by atoms with E-state index >= 15 is 0 Å². The van der Waals surface area contributed by atoms with Crippen LogP contribution in [0.1, 0.15) is 46.5 Å². The number of hydrogen-bond donors (Lipinski definition) is 2. The van der Waals surface area contributed by atoms with Gasteiger partial charge in [0, 0.05) is 12.0 Å². The van der Waals surface area contributed by atoms with E-state index in [1.165, 1.54) is 25.7 Å². The topological polar surface area (TPSA) is 66.4 Å². The van der Waals surface area contributed by atoms with Gasteiger partial charge in [0.25, 0.3) is 0 Å². The average Bonchev–Trinajstić information content (AvgIpc) is 2.80. The van der Waals surface area contributed by atoms with E-state index in [0.717, 1.165) is 0 Å². The molecule has 3 atom stereocenters. The average molecular weight is 241 g/mol. The Morgan fingerprint density at radius 3 is 2.12 bits per heavy atom. The molecule has 0 saturated heterocycles. The van der Waals surface area contributed by atoms with Gasteiger partial charge in [0.2, 0.25) is 5.91 Å². The maximum Gasteiger partial charge on any atom is 0.307 e. The lowest BCUT2D eigenvalue weighted by molar-refractivity contribution is -0.146. The van der Waals surface area contributed by atoms with Crippen LogP contribution in [0.25, 0.3) is 0 Å². The van der Waals surface area contributed by atoms with Gasteiger partial charge in [0.15, 0.2) is 0 Å². The molecule has 2 N–H and O–H groups in total. The van der Waals surface area contributed by atoms with Crippen molar-refractivity contribution in [3.63, 3.8) is 0 Å². The third-order valence-corrected chi connectivity index (χ3v) is 4.03. The maximum absolute atomic E-state index is 11.9. The van der Waals surface area contributed by atoms with Crippen LogP contribution in [-0.4, -0.2) is 23.0 Å². The molecule has 4 heteroatoms. The molecule has 0 radical (unpaired) electrons. The Balaban J connectivity index is 2.44. The monoisotopic (exact) mass is 241 g/mol. The van der Waals surface area contributed by atoms with Crippen molar-refractivity contribution in [1.82, 2.24) is 5.32 Å². The number of carbonyl (C=O) groups excluding carboxylic acids is 1. The molecule has 0 spiro atoms. The highest BCUT2D eigenvalue weighted by Gasteiger charge is 2.29. The SMILES string of the molecule is CC(C(=O)O)C(C)C(=O)N[C@H](C)C1CCCC1. The van der Waals surface area contributed by atoms with Crippen molar-refractivity contribution in [3.05, 3.63) is 0 Å². The van der Waals surface area contributed by atoms with Crippen LogP contribution in [0.4, 0.5) is 0 Å². The minimum Gasteiger partial charge on any atom is -0.481 e. The second-order valence-electron chi connectivity index (χ2n) is 5.26. The summed E-state index contributed by atoms with van der Waals surface area (Å²) in [7, 11) is 0. The lowest BCUT2D eigenvalue weighted by Crippen LogP contribution is -2.42. The summed E-state index contributed by atoms with van der Waals surface area (Å²) in [6.45, 7) is 5.27. The molecule has 17 heavy (non-hydrogen) atoms. The highest BCUT2D eigenvalue weighted by molar-refractivity contribution is 5.84. The van der Waals surface area contributed by atoms with Crippen molar-refractivity contribution in [2.24, 2.45) is 17.8 Å². The van der Waals surface area contributed by atoms with Crippen LogP contribution in [-0.2, 0) is 9.59 Å². The molecule has 1 aliphatic rings. The lowest BCUT2D eigenvalue weighted by Gasteiger charge is -2.23. The first-order valence-electron chi connectivity index (χ1n) is 6.46. The molecule has 0 aromatic heterocycles. The number of hydrogen-bond acceptors (Lipinski definition) is 2. The van der Waals surface area contributed by atoms with Crippen molar-refractivity contribution >= 4 is 11.9 Å². The zero-order chi connectivity index (χ0) is 13.0. The smallest absolute Gasteiger partial charge is 0.307 e. The van der Waals surface area contributed by atoms with Crippen LogP contribution in [0.15, 0.2) is 0 Å². The summed E-state index contributed by atoms with van der Waals surface area (Å²) in [5.74, 6) is -1.60. The van der Waals surface area contributed by atoms with Gasteiger partial charge in [-0.05, 0) is 25.7 Å². The van der Waals surface area contributed by atoms with Gasteiger partial charge >= 0.3 is 5.97 Å². The van der Waals surface area contributed by atoms with Gasteiger partial charge < -0.3 is 10.4 Å². The number of carboxylic acids is 1. The number of amides is 1. The van der Waals surface area contributed by atoms with E-state index in [1.807, 2.05) is 6.92 Å². The molecular weight excluding hydrogens is 218 g/mol. The molecular formula is C13H23NO3. The third kappa shape index (κ3) is 3.72. The van der Waals surface area contributed by atoms with Crippen molar-refractivity contribution < 1.29 is 14.7 Å². The van der Waals surface area contributed by atoms with Gasteiger partial charge in [-0.25, -0.2) is 0 Å². The number of aliphatic carboxylic acids is 1. The summed E-state index contributed by atoms with van der Waals surface area (Å²) in [5.41, 5.74) is 0. The minimum atomic E-state index is -0.916. The van der Waals surface area contributed by atoms with Gasteiger partial charge in [-0.2, -0.15) is 0 Å². The second kappa shape index (κ2) is 6.03. The zero-order valence-electron chi connectivity index (χ0n) is 10.9. The molecule has 98 valence electrons. The first-order chi connectivity index (χ1) is 7.93. The molecule has 4 nitrogen and oxygen atoms in total. The standard InChI is InChI=1S/C13H23NO3/c1-8(9(2)13(16)17)12(15)14-10(3)11-6-4-5-7-11/h8-11H,4-7H2,1-3H3,(H,14,15)(H,16,17)/t8?,9?,10-/m1/s1. The summed E-state index contributed by atoms with van der Waals surface area (Å²) in [6.07, 6.45) is 4.83. The highest BCUT2D eigenvalue weighted by atomic mass is 16.4. The fourth-order valence-corrected chi connectivity index (χ4v) is 2.37. The van der Waals surface area contributed by atoms with Gasteiger partial charge in [-0.15, -0.1) is 0 Å². The van der Waals surface area contributed by atoms with E-state index in [1.54, 1.807) is 13.8 Å². The van der Waals surface area contributed by atoms with Gasteiger partial charge in [0.05, 0.1) is 5.92 Å². The summed E-state index contributed by atoms with van der Waals surface area (Å²) in [6, 6.07) is 0.161. The number of rotatable bonds is 5. The third-order valence-electron chi connectivity index (χ3n) is 4.03. The lowest BCUT2D eigenvalue weighted by atomic mass is 9.93. The Morgan fingerprint density at radius 1 is 1.12 bits per heavy atom. The van der Waals surface area contributed by atoms with E-state index in [4.69, 9.17) is 5.11 Å². The van der Waals surface area contributed by atoms with Gasteiger partial charge in [0.1, 0.15) is 0 Å². The van der Waals surface area contributed by atoms with E-state index in [-0.39, 0.29) is 11.9 Å². The van der Waals surface area contributed by atoms with E-state index < -0.39 is 17.8 Å². The Morgan fingerprint density at radius 2 is 1.65 bits per heavy atom. The fraction of sp³-hybridized carbons (Fsp3) is 0.846. The fourth-order valence-electron chi connectivity index (χ4n) is 2.37. The zero-order valence-corrected chi connectivity index (χ0v) is 10.9. The summed E-state index contributed by atoms with van der Waals surface area (Å²) >= 11 is 0. The van der Waals surface area contributed by atoms with Crippen LogP contribution >= 0.6 is 0 Å². The quantitative estimate of drug-likeness (QED) is 0.774. The molecule has 0 aromatic carbocycles. The largest absolute Gasteiger partial charge is 0.481 e.